The highest BCUT2D eigenvalue weighted by molar-refractivity contribution is 5.95. The third-order valence-corrected chi connectivity index (χ3v) is 3.93. The number of ether oxygens (including phenoxy) is 1. The third-order valence-electron chi connectivity index (χ3n) is 3.93. The molecule has 6 heteroatoms. The predicted octanol–water partition coefficient (Wildman–Crippen LogP) is 3.16. The first-order valence-electron chi connectivity index (χ1n) is 7.34. The molecule has 0 fully saturated rings. The Morgan fingerprint density at radius 2 is 2.09 bits per heavy atom. The van der Waals surface area contributed by atoms with Crippen LogP contribution >= 0.6 is 0 Å². The second kappa shape index (κ2) is 6.08. The quantitative estimate of drug-likeness (QED) is 0.697. The van der Waals surface area contributed by atoms with Crippen molar-refractivity contribution in [2.75, 3.05) is 6.61 Å². The van der Waals surface area contributed by atoms with Crippen LogP contribution in [0.25, 0.3) is 0 Å². The number of aryl methyl sites for hydroxylation is 1. The molecule has 3 rings (SSSR count). The van der Waals surface area contributed by atoms with Crippen LogP contribution in [-0.4, -0.2) is 17.4 Å². The molecule has 118 valence electrons. The first kappa shape index (κ1) is 15.0. The number of nitrogens with zero attached hydrogens (tertiary/aromatic N) is 1. The molecule has 0 radical (unpaired) electrons. The van der Waals surface area contributed by atoms with Crippen molar-refractivity contribution in [3.8, 4) is 5.75 Å². The van der Waals surface area contributed by atoms with Gasteiger partial charge < -0.3 is 10.1 Å². The zero-order valence-corrected chi connectivity index (χ0v) is 12.6. The molecule has 1 aliphatic heterocycles. The number of carbonyl (C=O) groups excluding carboxylic acids is 1. The minimum Gasteiger partial charge on any atom is -0.493 e. The number of nitro benzene ring substituents is 1. The first-order valence-corrected chi connectivity index (χ1v) is 7.34. The number of nitrogens with one attached hydrogen (secondary N) is 1. The molecule has 2 aromatic rings. The molecular weight excluding hydrogens is 296 g/mol. The summed E-state index contributed by atoms with van der Waals surface area (Å²) < 4.78 is 5.57. The summed E-state index contributed by atoms with van der Waals surface area (Å²) in [6.45, 7) is 2.17. The molecule has 23 heavy (non-hydrogen) atoms. The average Bonchev–Trinajstić information content (AvgIpc) is 2.55. The Morgan fingerprint density at radius 1 is 1.30 bits per heavy atom. The minimum atomic E-state index is -0.476. The summed E-state index contributed by atoms with van der Waals surface area (Å²) in [5.74, 6) is 0.439. The summed E-state index contributed by atoms with van der Waals surface area (Å²) in [7, 11) is 0. The molecule has 6 nitrogen and oxygen atoms in total. The lowest BCUT2D eigenvalue weighted by molar-refractivity contribution is -0.385. The molecule has 1 atom stereocenters. The Kier molecular flexibility index (Phi) is 3.97. The van der Waals surface area contributed by atoms with Crippen LogP contribution in [0.5, 0.6) is 5.75 Å². The summed E-state index contributed by atoms with van der Waals surface area (Å²) in [6, 6.07) is 11.9. The van der Waals surface area contributed by atoms with Gasteiger partial charge in [0.25, 0.3) is 11.6 Å². The molecule has 0 saturated carbocycles. The number of hydrogen-bond acceptors (Lipinski definition) is 4. The number of para-hydroxylation sites is 1. The van der Waals surface area contributed by atoms with Gasteiger partial charge in [-0.15, -0.1) is 0 Å². The molecular formula is C17H16N2O4. The van der Waals surface area contributed by atoms with E-state index in [9.17, 15) is 14.9 Å². The lowest BCUT2D eigenvalue weighted by Crippen LogP contribution is -2.32. The topological polar surface area (TPSA) is 81.5 Å². The van der Waals surface area contributed by atoms with Crippen molar-refractivity contribution in [1.82, 2.24) is 5.32 Å². The van der Waals surface area contributed by atoms with Gasteiger partial charge in [0.15, 0.2) is 0 Å². The summed E-state index contributed by atoms with van der Waals surface area (Å²) in [6.07, 6.45) is 0.663. The normalized spacial score (nSPS) is 16.1. The lowest BCUT2D eigenvalue weighted by Gasteiger charge is -2.26. The molecule has 0 unspecified atom stereocenters. The number of amides is 1. The molecule has 0 aromatic heterocycles. The van der Waals surface area contributed by atoms with Crippen LogP contribution in [0.15, 0.2) is 42.5 Å². The Morgan fingerprint density at radius 3 is 2.87 bits per heavy atom. The summed E-state index contributed by atoms with van der Waals surface area (Å²) >= 11 is 0. The number of carbonyl (C=O) groups is 1. The maximum Gasteiger partial charge on any atom is 0.273 e. The second-order valence-corrected chi connectivity index (χ2v) is 5.46. The predicted molar refractivity (Wildman–Crippen MR) is 84.6 cm³/mol. The van der Waals surface area contributed by atoms with Crippen LogP contribution in [0.1, 0.15) is 33.9 Å². The maximum absolute atomic E-state index is 12.4. The van der Waals surface area contributed by atoms with E-state index >= 15 is 0 Å². The van der Waals surface area contributed by atoms with E-state index in [-0.39, 0.29) is 23.2 Å². The van der Waals surface area contributed by atoms with E-state index < -0.39 is 4.92 Å². The van der Waals surface area contributed by atoms with Crippen molar-refractivity contribution >= 4 is 11.6 Å². The zero-order valence-electron chi connectivity index (χ0n) is 12.6. The van der Waals surface area contributed by atoms with Gasteiger partial charge in [-0.3, -0.25) is 14.9 Å². The molecule has 0 spiro atoms. The molecule has 0 bridgehead atoms. The summed E-state index contributed by atoms with van der Waals surface area (Å²) in [5.41, 5.74) is 1.69. The molecule has 1 heterocycles. The van der Waals surface area contributed by atoms with Crippen molar-refractivity contribution in [2.24, 2.45) is 0 Å². The number of benzene rings is 2. The lowest BCUT2D eigenvalue weighted by atomic mass is 10.00. The summed E-state index contributed by atoms with van der Waals surface area (Å²) in [4.78, 5) is 23.0. The van der Waals surface area contributed by atoms with Gasteiger partial charge in [0, 0.05) is 29.2 Å². The van der Waals surface area contributed by atoms with Crippen LogP contribution in [0.3, 0.4) is 0 Å². The highest BCUT2D eigenvalue weighted by atomic mass is 16.6. The van der Waals surface area contributed by atoms with Crippen LogP contribution in [0.4, 0.5) is 5.69 Å². The largest absolute Gasteiger partial charge is 0.493 e. The van der Waals surface area contributed by atoms with Crippen molar-refractivity contribution < 1.29 is 14.5 Å². The van der Waals surface area contributed by atoms with Crippen LogP contribution in [-0.2, 0) is 0 Å². The van der Waals surface area contributed by atoms with E-state index in [1.807, 2.05) is 24.3 Å². The fraction of sp³-hybridized carbons (Fsp3) is 0.235. The third kappa shape index (κ3) is 3.01. The van der Waals surface area contributed by atoms with Crippen molar-refractivity contribution in [3.63, 3.8) is 0 Å². The molecule has 1 N–H and O–H groups in total. The maximum atomic E-state index is 12.4. The smallest absolute Gasteiger partial charge is 0.273 e. The standard InChI is InChI=1S/C17H16N2O4/c1-11-6-7-12(10-15(11)19(21)22)17(20)18-14-8-9-23-16-5-3-2-4-13(14)16/h2-7,10,14H,8-9H2,1H3,(H,18,20)/t14-/m1/s1. The van der Waals surface area contributed by atoms with Crippen molar-refractivity contribution in [3.05, 3.63) is 69.3 Å². The van der Waals surface area contributed by atoms with E-state index in [1.165, 1.54) is 6.07 Å². The van der Waals surface area contributed by atoms with Crippen LogP contribution < -0.4 is 10.1 Å². The van der Waals surface area contributed by atoms with E-state index in [2.05, 4.69) is 5.32 Å². The van der Waals surface area contributed by atoms with Crippen molar-refractivity contribution in [1.29, 1.82) is 0 Å². The minimum absolute atomic E-state index is 0.0509. The van der Waals surface area contributed by atoms with Gasteiger partial charge in [-0.1, -0.05) is 24.3 Å². The fourth-order valence-corrected chi connectivity index (χ4v) is 2.68. The Hall–Kier alpha value is -2.89. The van der Waals surface area contributed by atoms with E-state index in [1.54, 1.807) is 19.1 Å². The van der Waals surface area contributed by atoms with Crippen molar-refractivity contribution in [2.45, 2.75) is 19.4 Å². The number of nitro groups is 1. The Balaban J connectivity index is 1.83. The second-order valence-electron chi connectivity index (χ2n) is 5.46. The Labute approximate surface area is 133 Å². The molecule has 1 aliphatic rings. The van der Waals surface area contributed by atoms with Gasteiger partial charge in [-0.2, -0.15) is 0 Å². The monoisotopic (exact) mass is 312 g/mol. The number of rotatable bonds is 3. The van der Waals surface area contributed by atoms with Gasteiger partial charge in [-0.05, 0) is 19.1 Å². The highest BCUT2D eigenvalue weighted by Gasteiger charge is 2.24. The average molecular weight is 312 g/mol. The molecule has 0 saturated heterocycles. The van der Waals surface area contributed by atoms with E-state index in [0.29, 0.717) is 18.6 Å². The fourth-order valence-electron chi connectivity index (χ4n) is 2.68. The number of hydrogen-bond donors (Lipinski definition) is 1. The Bertz CT molecular complexity index is 773. The van der Waals surface area contributed by atoms with Gasteiger partial charge >= 0.3 is 0 Å². The van der Waals surface area contributed by atoms with Gasteiger partial charge in [0.05, 0.1) is 17.6 Å². The van der Waals surface area contributed by atoms with Gasteiger partial charge in [0.2, 0.25) is 0 Å². The van der Waals surface area contributed by atoms with Gasteiger partial charge in [-0.25, -0.2) is 0 Å². The number of fused-ring (bicyclic) bond motifs is 1. The van der Waals surface area contributed by atoms with E-state index in [0.717, 1.165) is 11.3 Å². The SMILES string of the molecule is Cc1ccc(C(=O)N[C@@H]2CCOc3ccccc32)cc1[N+](=O)[O-]. The zero-order chi connectivity index (χ0) is 16.4. The molecule has 1 amide bonds. The highest BCUT2D eigenvalue weighted by Crippen LogP contribution is 2.31. The van der Waals surface area contributed by atoms with Gasteiger partial charge in [0.1, 0.15) is 5.75 Å². The van der Waals surface area contributed by atoms with Crippen LogP contribution in [0, 0.1) is 17.0 Å². The summed E-state index contributed by atoms with van der Waals surface area (Å²) in [5, 5.41) is 13.9. The van der Waals surface area contributed by atoms with E-state index in [4.69, 9.17) is 4.74 Å². The first-order chi connectivity index (χ1) is 11.1. The molecule has 0 aliphatic carbocycles. The van der Waals surface area contributed by atoms with Crippen LogP contribution in [0.2, 0.25) is 0 Å². The molecule has 2 aromatic carbocycles.